The fraction of sp³-hybridized carbons (Fsp3) is 0.316. The minimum atomic E-state index is -0.341. The molecule has 27 heavy (non-hydrogen) atoms. The highest BCUT2D eigenvalue weighted by molar-refractivity contribution is 8.00. The lowest BCUT2D eigenvalue weighted by Crippen LogP contribution is -2.33. The van der Waals surface area contributed by atoms with Crippen LogP contribution in [0.3, 0.4) is 0 Å². The standard InChI is InChI=1S/C19H20N4O2S2/c1-11(26-14-5-3-4-13(21)8-14)18(25)22-19-16(9-20)15-6-7-23(12(2)24)10-17(15)27-19/h3-5,8,11H,6-7,10,21H2,1-2H3,(H,22,25). The Bertz CT molecular complexity index is 932. The molecule has 0 saturated heterocycles. The van der Waals surface area contributed by atoms with Gasteiger partial charge in [0.05, 0.1) is 17.4 Å². The van der Waals surface area contributed by atoms with Gasteiger partial charge in [-0.25, -0.2) is 0 Å². The van der Waals surface area contributed by atoms with E-state index >= 15 is 0 Å². The number of benzene rings is 1. The maximum absolute atomic E-state index is 12.6. The second kappa shape index (κ2) is 8.03. The van der Waals surface area contributed by atoms with Gasteiger partial charge in [0, 0.05) is 28.9 Å². The van der Waals surface area contributed by atoms with Crippen molar-refractivity contribution in [3.63, 3.8) is 0 Å². The van der Waals surface area contributed by atoms with Gasteiger partial charge in [-0.1, -0.05) is 6.07 Å². The van der Waals surface area contributed by atoms with E-state index in [2.05, 4.69) is 11.4 Å². The van der Waals surface area contributed by atoms with Crippen LogP contribution in [0.4, 0.5) is 10.7 Å². The Balaban J connectivity index is 1.74. The lowest BCUT2D eigenvalue weighted by atomic mass is 10.0. The molecule has 0 aliphatic carbocycles. The van der Waals surface area contributed by atoms with Gasteiger partial charge in [0.15, 0.2) is 0 Å². The van der Waals surface area contributed by atoms with Crippen molar-refractivity contribution in [1.29, 1.82) is 5.26 Å². The number of anilines is 2. The van der Waals surface area contributed by atoms with E-state index < -0.39 is 0 Å². The molecule has 2 heterocycles. The molecule has 0 bridgehead atoms. The lowest BCUT2D eigenvalue weighted by Gasteiger charge is -2.25. The van der Waals surface area contributed by atoms with Crippen molar-refractivity contribution in [2.45, 2.75) is 37.0 Å². The third-order valence-corrected chi connectivity index (χ3v) is 6.62. The van der Waals surface area contributed by atoms with Gasteiger partial charge in [-0.2, -0.15) is 5.26 Å². The van der Waals surface area contributed by atoms with Gasteiger partial charge < -0.3 is 16.0 Å². The number of carbonyl (C=O) groups excluding carboxylic acids is 2. The average molecular weight is 401 g/mol. The van der Waals surface area contributed by atoms with Gasteiger partial charge in [0.25, 0.3) is 0 Å². The number of thiophene rings is 1. The van der Waals surface area contributed by atoms with Crippen LogP contribution in [0.15, 0.2) is 29.2 Å². The van der Waals surface area contributed by atoms with Gasteiger partial charge in [-0.3, -0.25) is 9.59 Å². The molecule has 1 aliphatic rings. The van der Waals surface area contributed by atoms with Crippen molar-refractivity contribution in [3.05, 3.63) is 40.3 Å². The largest absolute Gasteiger partial charge is 0.399 e. The molecule has 2 aromatic rings. The van der Waals surface area contributed by atoms with Crippen molar-refractivity contribution in [1.82, 2.24) is 4.90 Å². The summed E-state index contributed by atoms with van der Waals surface area (Å²) in [6.07, 6.45) is 0.637. The average Bonchev–Trinajstić information content (AvgIpc) is 2.97. The van der Waals surface area contributed by atoms with Gasteiger partial charge in [-0.05, 0) is 37.1 Å². The summed E-state index contributed by atoms with van der Waals surface area (Å²) in [4.78, 5) is 27.9. The summed E-state index contributed by atoms with van der Waals surface area (Å²) in [5.41, 5.74) is 7.91. The summed E-state index contributed by atoms with van der Waals surface area (Å²) >= 11 is 2.80. The van der Waals surface area contributed by atoms with Gasteiger partial charge >= 0.3 is 0 Å². The van der Waals surface area contributed by atoms with Crippen LogP contribution in [0.1, 0.15) is 29.9 Å². The molecule has 3 rings (SSSR count). The fourth-order valence-corrected chi connectivity index (χ4v) is 5.09. The second-order valence-electron chi connectivity index (χ2n) is 6.33. The van der Waals surface area contributed by atoms with E-state index in [1.54, 1.807) is 17.9 Å². The van der Waals surface area contributed by atoms with Gasteiger partial charge in [-0.15, -0.1) is 23.1 Å². The first-order chi connectivity index (χ1) is 12.9. The van der Waals surface area contributed by atoms with Crippen LogP contribution >= 0.6 is 23.1 Å². The van der Waals surface area contributed by atoms with E-state index in [4.69, 9.17) is 5.73 Å². The van der Waals surface area contributed by atoms with E-state index in [-0.39, 0.29) is 17.1 Å². The summed E-state index contributed by atoms with van der Waals surface area (Å²) < 4.78 is 0. The minimum absolute atomic E-state index is 0.0188. The molecule has 1 aromatic carbocycles. The Morgan fingerprint density at radius 3 is 2.89 bits per heavy atom. The summed E-state index contributed by atoms with van der Waals surface area (Å²) in [7, 11) is 0. The number of rotatable bonds is 4. The molecule has 1 aromatic heterocycles. The Morgan fingerprint density at radius 1 is 1.44 bits per heavy atom. The number of nitrogen functional groups attached to an aromatic ring is 1. The van der Waals surface area contributed by atoms with Crippen molar-refractivity contribution in [2.24, 2.45) is 0 Å². The molecule has 1 unspecified atom stereocenters. The number of nitrogens with one attached hydrogen (secondary N) is 1. The Morgan fingerprint density at radius 2 is 2.22 bits per heavy atom. The zero-order valence-corrected chi connectivity index (χ0v) is 16.7. The highest BCUT2D eigenvalue weighted by Crippen LogP contribution is 2.37. The lowest BCUT2D eigenvalue weighted by molar-refractivity contribution is -0.129. The third-order valence-electron chi connectivity index (χ3n) is 4.39. The molecule has 140 valence electrons. The molecule has 1 atom stereocenters. The zero-order chi connectivity index (χ0) is 19.6. The minimum Gasteiger partial charge on any atom is -0.399 e. The number of hydrogen-bond donors (Lipinski definition) is 2. The smallest absolute Gasteiger partial charge is 0.238 e. The van der Waals surface area contributed by atoms with Crippen LogP contribution in [-0.4, -0.2) is 28.5 Å². The second-order valence-corrected chi connectivity index (χ2v) is 8.85. The predicted octanol–water partition coefficient (Wildman–Crippen LogP) is 3.23. The molecule has 0 fully saturated rings. The van der Waals surface area contributed by atoms with E-state index in [9.17, 15) is 14.9 Å². The van der Waals surface area contributed by atoms with Crippen molar-refractivity contribution < 1.29 is 9.59 Å². The number of thioether (sulfide) groups is 1. The molecule has 1 aliphatic heterocycles. The molecule has 2 amide bonds. The van der Waals surface area contributed by atoms with E-state index in [1.165, 1.54) is 23.1 Å². The number of fused-ring (bicyclic) bond motifs is 1. The van der Waals surface area contributed by atoms with Gasteiger partial charge in [0.2, 0.25) is 11.8 Å². The molecular formula is C19H20N4O2S2. The number of nitrogens with zero attached hydrogens (tertiary/aromatic N) is 2. The summed E-state index contributed by atoms with van der Waals surface area (Å²) in [5, 5.41) is 12.7. The normalized spacial score (nSPS) is 14.2. The van der Waals surface area contributed by atoms with E-state index in [0.717, 1.165) is 15.3 Å². The Kier molecular flexibility index (Phi) is 5.73. The number of amides is 2. The summed E-state index contributed by atoms with van der Waals surface area (Å²) in [6, 6.07) is 9.61. The quantitative estimate of drug-likeness (QED) is 0.606. The third kappa shape index (κ3) is 4.26. The SMILES string of the molecule is CC(=O)N1CCc2c(sc(NC(=O)C(C)Sc3cccc(N)c3)c2C#N)C1. The molecule has 6 nitrogen and oxygen atoms in total. The number of nitrogens with two attached hydrogens (primary N) is 1. The maximum Gasteiger partial charge on any atom is 0.238 e. The van der Waals surface area contributed by atoms with Gasteiger partial charge in [0.1, 0.15) is 11.1 Å². The van der Waals surface area contributed by atoms with E-state index in [1.807, 2.05) is 25.1 Å². The van der Waals surface area contributed by atoms with Crippen LogP contribution in [0.5, 0.6) is 0 Å². The molecule has 0 spiro atoms. The first kappa shape index (κ1) is 19.3. The molecular weight excluding hydrogens is 380 g/mol. The first-order valence-corrected chi connectivity index (χ1v) is 10.2. The van der Waals surface area contributed by atoms with Crippen LogP contribution in [0.2, 0.25) is 0 Å². The highest BCUT2D eigenvalue weighted by Gasteiger charge is 2.27. The highest BCUT2D eigenvalue weighted by atomic mass is 32.2. The van der Waals surface area contributed by atoms with Crippen LogP contribution in [0.25, 0.3) is 0 Å². The topological polar surface area (TPSA) is 99.2 Å². The molecule has 0 radical (unpaired) electrons. The number of carbonyl (C=O) groups is 2. The van der Waals surface area contributed by atoms with Crippen LogP contribution in [-0.2, 0) is 22.6 Å². The van der Waals surface area contributed by atoms with Crippen LogP contribution in [0, 0.1) is 11.3 Å². The monoisotopic (exact) mass is 400 g/mol. The van der Waals surface area contributed by atoms with Crippen molar-refractivity contribution in [3.8, 4) is 6.07 Å². The number of hydrogen-bond acceptors (Lipinski definition) is 6. The Hall–Kier alpha value is -2.50. The van der Waals surface area contributed by atoms with Crippen LogP contribution < -0.4 is 11.1 Å². The fourth-order valence-electron chi connectivity index (χ4n) is 2.94. The predicted molar refractivity (Wildman–Crippen MR) is 109 cm³/mol. The van der Waals surface area contributed by atoms with Crippen molar-refractivity contribution in [2.75, 3.05) is 17.6 Å². The molecule has 8 heteroatoms. The summed E-state index contributed by atoms with van der Waals surface area (Å²) in [6.45, 7) is 4.46. The number of nitriles is 1. The van der Waals surface area contributed by atoms with Crippen molar-refractivity contribution >= 4 is 45.6 Å². The summed E-state index contributed by atoms with van der Waals surface area (Å²) in [5.74, 6) is -0.147. The molecule has 3 N–H and O–H groups in total. The zero-order valence-electron chi connectivity index (χ0n) is 15.1. The first-order valence-electron chi connectivity index (χ1n) is 8.52. The molecule has 0 saturated carbocycles. The maximum atomic E-state index is 12.6. The Labute approximate surface area is 166 Å². The van der Waals surface area contributed by atoms with E-state index in [0.29, 0.717) is 35.8 Å².